The van der Waals surface area contributed by atoms with Crippen LogP contribution in [0, 0.1) is 6.92 Å². The second kappa shape index (κ2) is 4.30. The molecule has 0 radical (unpaired) electrons. The zero-order chi connectivity index (χ0) is 9.84. The Hall–Kier alpha value is -0.990. The average molecular weight is 182 g/mol. The van der Waals surface area contributed by atoms with Gasteiger partial charge in [-0.3, -0.25) is 4.57 Å². The van der Waals surface area contributed by atoms with Crippen molar-refractivity contribution in [2.24, 2.45) is 12.0 Å². The molecule has 0 amide bonds. The molecule has 0 bridgehead atoms. The fourth-order valence-electron chi connectivity index (χ4n) is 1.50. The van der Waals surface area contributed by atoms with E-state index in [1.807, 2.05) is 18.5 Å². The molecule has 0 aromatic carbocycles. The van der Waals surface area contributed by atoms with Crippen molar-refractivity contribution in [3.63, 3.8) is 0 Å². The van der Waals surface area contributed by atoms with Crippen LogP contribution in [0.25, 0.3) is 0 Å². The quantitative estimate of drug-likeness (QED) is 0.701. The van der Waals surface area contributed by atoms with Crippen LogP contribution in [0.2, 0.25) is 0 Å². The number of aryl methyl sites for hydroxylation is 1. The third-order valence-corrected chi connectivity index (χ3v) is 2.30. The van der Waals surface area contributed by atoms with E-state index >= 15 is 0 Å². The summed E-state index contributed by atoms with van der Waals surface area (Å²) in [4.78, 5) is 4.06. The lowest BCUT2D eigenvalue weighted by atomic mass is 10.2. The monoisotopic (exact) mass is 182 g/mol. The smallest absolute Gasteiger partial charge is 0.296 e. The molecule has 0 N–H and O–H groups in total. The van der Waals surface area contributed by atoms with Crippen LogP contribution in [0.1, 0.15) is 31.2 Å². The Kier molecular flexibility index (Phi) is 3.34. The van der Waals surface area contributed by atoms with Crippen LogP contribution in [0.5, 0.6) is 0 Å². The van der Waals surface area contributed by atoms with E-state index < -0.39 is 0 Å². The lowest BCUT2D eigenvalue weighted by molar-refractivity contribution is 0.454. The summed E-state index contributed by atoms with van der Waals surface area (Å²) in [5, 5.41) is 0. The Balaban J connectivity index is 2.99. The molecule has 0 aliphatic heterocycles. The number of unbranched alkanes of at least 4 members (excludes halogenated alkanes) is 1. The van der Waals surface area contributed by atoms with Crippen LogP contribution in [0.15, 0.2) is 9.41 Å². The number of nitrogens with zero attached hydrogens (tertiary/aromatic N) is 2. The van der Waals surface area contributed by atoms with Crippen LogP contribution in [-0.4, -0.2) is 11.6 Å². The summed E-state index contributed by atoms with van der Waals surface area (Å²) >= 11 is 0. The van der Waals surface area contributed by atoms with Gasteiger partial charge in [-0.2, -0.15) is 0 Å². The summed E-state index contributed by atoms with van der Waals surface area (Å²) in [5.74, 6) is 0.997. The van der Waals surface area contributed by atoms with Gasteiger partial charge in [0.25, 0.3) is 5.68 Å². The van der Waals surface area contributed by atoms with E-state index in [-0.39, 0.29) is 0 Å². The summed E-state index contributed by atoms with van der Waals surface area (Å²) < 4.78 is 7.52. The molecular formula is C10H18N2O. The van der Waals surface area contributed by atoms with Gasteiger partial charge in [-0.15, -0.1) is 0 Å². The molecule has 74 valence electrons. The van der Waals surface area contributed by atoms with Crippen LogP contribution >= 0.6 is 0 Å². The zero-order valence-corrected chi connectivity index (χ0v) is 8.92. The molecule has 0 aliphatic rings. The van der Waals surface area contributed by atoms with Crippen molar-refractivity contribution in [3.05, 3.63) is 17.1 Å². The molecule has 0 saturated carbocycles. The first-order valence-electron chi connectivity index (χ1n) is 4.78. The molecule has 13 heavy (non-hydrogen) atoms. The van der Waals surface area contributed by atoms with Gasteiger partial charge in [0.2, 0.25) is 0 Å². The molecule has 0 unspecified atom stereocenters. The Morgan fingerprint density at radius 2 is 2.15 bits per heavy atom. The third-order valence-electron chi connectivity index (χ3n) is 2.30. The first-order chi connectivity index (χ1) is 6.20. The molecule has 1 heterocycles. The van der Waals surface area contributed by atoms with Crippen LogP contribution in [-0.2, 0) is 13.5 Å². The number of hydrogen-bond donors (Lipinski definition) is 0. The van der Waals surface area contributed by atoms with E-state index in [4.69, 9.17) is 4.42 Å². The van der Waals surface area contributed by atoms with Gasteiger partial charge in [-0.1, -0.05) is 13.3 Å². The lowest BCUT2D eigenvalue weighted by Gasteiger charge is -1.99. The first kappa shape index (κ1) is 10.1. The molecule has 0 saturated heterocycles. The molecule has 3 nitrogen and oxygen atoms in total. The van der Waals surface area contributed by atoms with Gasteiger partial charge in [-0.25, -0.2) is 4.99 Å². The first-order valence-corrected chi connectivity index (χ1v) is 4.78. The largest absolute Gasteiger partial charge is 0.429 e. The highest BCUT2D eigenvalue weighted by molar-refractivity contribution is 5.06. The normalized spacial score (nSPS) is 12.5. The van der Waals surface area contributed by atoms with Crippen molar-refractivity contribution in [1.29, 1.82) is 0 Å². The highest BCUT2D eigenvalue weighted by atomic mass is 16.4. The molecule has 3 heteroatoms. The maximum absolute atomic E-state index is 5.49. The molecule has 1 aromatic rings. The number of rotatable bonds is 3. The van der Waals surface area contributed by atoms with Gasteiger partial charge in [0.05, 0.1) is 5.69 Å². The van der Waals surface area contributed by atoms with Crippen molar-refractivity contribution < 1.29 is 4.42 Å². The second-order valence-electron chi connectivity index (χ2n) is 3.27. The van der Waals surface area contributed by atoms with E-state index in [9.17, 15) is 0 Å². The summed E-state index contributed by atoms with van der Waals surface area (Å²) in [5.41, 5.74) is 1.98. The summed E-state index contributed by atoms with van der Waals surface area (Å²) in [7, 11) is 3.76. The van der Waals surface area contributed by atoms with Crippen LogP contribution in [0.3, 0.4) is 0 Å². The van der Waals surface area contributed by atoms with Crippen molar-refractivity contribution in [3.8, 4) is 0 Å². The zero-order valence-electron chi connectivity index (χ0n) is 8.92. The van der Waals surface area contributed by atoms with Gasteiger partial charge >= 0.3 is 0 Å². The Labute approximate surface area is 79.1 Å². The van der Waals surface area contributed by atoms with Crippen LogP contribution < -0.4 is 5.68 Å². The number of hydrogen-bond acceptors (Lipinski definition) is 2. The maximum atomic E-state index is 5.49. The summed E-state index contributed by atoms with van der Waals surface area (Å²) in [6, 6.07) is 0. The Bertz CT molecular complexity index is 333. The molecule has 0 atom stereocenters. The molecule has 0 fully saturated rings. The fraction of sp³-hybridized carbons (Fsp3) is 0.700. The van der Waals surface area contributed by atoms with Gasteiger partial charge < -0.3 is 4.42 Å². The van der Waals surface area contributed by atoms with Gasteiger partial charge in [-0.05, 0) is 19.8 Å². The second-order valence-corrected chi connectivity index (χ2v) is 3.27. The van der Waals surface area contributed by atoms with Gasteiger partial charge in [0.1, 0.15) is 5.76 Å². The van der Waals surface area contributed by atoms with E-state index in [0.717, 1.165) is 12.2 Å². The molecule has 1 aromatic heterocycles. The molecule has 0 spiro atoms. The van der Waals surface area contributed by atoms with E-state index in [2.05, 4.69) is 11.9 Å². The van der Waals surface area contributed by atoms with Crippen molar-refractivity contribution in [1.82, 2.24) is 4.57 Å². The highest BCUT2D eigenvalue weighted by Crippen LogP contribution is 2.08. The minimum atomic E-state index is 0.712. The minimum absolute atomic E-state index is 0.712. The van der Waals surface area contributed by atoms with Crippen LogP contribution in [0.4, 0.5) is 0 Å². The Morgan fingerprint density at radius 3 is 2.62 bits per heavy atom. The van der Waals surface area contributed by atoms with E-state index in [1.165, 1.54) is 18.5 Å². The summed E-state index contributed by atoms with van der Waals surface area (Å²) in [6.45, 7) is 4.19. The SMILES string of the molecule is CCCCc1c(C)oc(=NC)n1C. The Morgan fingerprint density at radius 1 is 1.46 bits per heavy atom. The predicted octanol–water partition coefficient (Wildman–Crippen LogP) is 1.80. The van der Waals surface area contributed by atoms with Crippen molar-refractivity contribution >= 4 is 0 Å². The highest BCUT2D eigenvalue weighted by Gasteiger charge is 2.07. The van der Waals surface area contributed by atoms with Crippen molar-refractivity contribution in [2.75, 3.05) is 7.05 Å². The third kappa shape index (κ3) is 2.02. The topological polar surface area (TPSA) is 30.4 Å². The van der Waals surface area contributed by atoms with E-state index in [1.54, 1.807) is 7.05 Å². The van der Waals surface area contributed by atoms with E-state index in [0.29, 0.717) is 5.68 Å². The number of oxazole rings is 1. The molecule has 1 rings (SSSR count). The van der Waals surface area contributed by atoms with Crippen molar-refractivity contribution in [2.45, 2.75) is 33.1 Å². The van der Waals surface area contributed by atoms with Gasteiger partial charge in [0, 0.05) is 14.1 Å². The summed E-state index contributed by atoms with van der Waals surface area (Å²) in [6.07, 6.45) is 3.50. The fourth-order valence-corrected chi connectivity index (χ4v) is 1.50. The molecular weight excluding hydrogens is 164 g/mol. The predicted molar refractivity (Wildman–Crippen MR) is 52.5 cm³/mol. The average Bonchev–Trinajstić information content (AvgIpc) is 2.39. The van der Waals surface area contributed by atoms with Gasteiger partial charge in [0.15, 0.2) is 0 Å². The molecule has 0 aliphatic carbocycles. The maximum Gasteiger partial charge on any atom is 0.296 e. The minimum Gasteiger partial charge on any atom is -0.429 e. The number of aromatic nitrogens is 1. The lowest BCUT2D eigenvalue weighted by Crippen LogP contribution is -2.14. The standard InChI is InChI=1S/C10H18N2O/c1-5-6-7-9-8(2)13-10(11-3)12(9)4/h5-7H2,1-4H3.